The molecule has 1 fully saturated rings. The van der Waals surface area contributed by atoms with Gasteiger partial charge in [0, 0.05) is 37.1 Å². The van der Waals surface area contributed by atoms with E-state index in [-0.39, 0.29) is 23.6 Å². The zero-order valence-corrected chi connectivity index (χ0v) is 15.5. The Morgan fingerprint density at radius 1 is 1.28 bits per heavy atom. The summed E-state index contributed by atoms with van der Waals surface area (Å²) in [5.41, 5.74) is 1.25. The minimum atomic E-state index is -0.280. The van der Waals surface area contributed by atoms with E-state index in [9.17, 15) is 9.59 Å². The van der Waals surface area contributed by atoms with Crippen molar-refractivity contribution in [1.82, 2.24) is 15.2 Å². The van der Waals surface area contributed by atoms with Gasteiger partial charge in [0.05, 0.1) is 17.9 Å². The Morgan fingerprint density at radius 2 is 1.96 bits per heavy atom. The van der Waals surface area contributed by atoms with Gasteiger partial charge >= 0.3 is 6.09 Å². The molecule has 2 rings (SSSR count). The number of carbonyl (C=O) groups excluding carboxylic acids is 2. The molecule has 2 N–H and O–H groups in total. The fourth-order valence-corrected chi connectivity index (χ4v) is 2.76. The van der Waals surface area contributed by atoms with Crippen LogP contribution in [0.2, 0.25) is 0 Å². The van der Waals surface area contributed by atoms with Gasteiger partial charge in [-0.3, -0.25) is 9.78 Å². The highest BCUT2D eigenvalue weighted by molar-refractivity contribution is 5.94. The van der Waals surface area contributed by atoms with Crippen LogP contribution in [0.25, 0.3) is 0 Å². The number of carbonyl (C=O) groups is 2. The Bertz CT molecular complexity index is 605. The molecule has 0 aliphatic carbocycles. The standard InChI is InChI=1S/C18H28N4O3/c1-5-25-17(24)22-8-6-14(7-9-22)20-16(23)13-10-15(12-19-11-13)21-18(2,3)4/h10-12,14,21H,5-9H2,1-4H3,(H,20,23). The molecule has 2 heterocycles. The lowest BCUT2D eigenvalue weighted by Gasteiger charge is -2.31. The van der Waals surface area contributed by atoms with Crippen LogP contribution in [0.4, 0.5) is 10.5 Å². The van der Waals surface area contributed by atoms with Crippen LogP contribution in [0, 0.1) is 0 Å². The van der Waals surface area contributed by atoms with Crippen LogP contribution >= 0.6 is 0 Å². The number of nitrogens with one attached hydrogen (secondary N) is 2. The van der Waals surface area contributed by atoms with E-state index in [0.717, 1.165) is 18.5 Å². The maximum absolute atomic E-state index is 12.5. The summed E-state index contributed by atoms with van der Waals surface area (Å²) in [5.74, 6) is -0.139. The lowest BCUT2D eigenvalue weighted by Crippen LogP contribution is -2.46. The van der Waals surface area contributed by atoms with E-state index in [1.807, 2.05) is 0 Å². The van der Waals surface area contributed by atoms with Gasteiger partial charge in [-0.25, -0.2) is 4.79 Å². The molecule has 25 heavy (non-hydrogen) atoms. The van der Waals surface area contributed by atoms with Crippen LogP contribution in [-0.4, -0.2) is 53.2 Å². The third-order valence-electron chi connectivity index (χ3n) is 3.88. The summed E-state index contributed by atoms with van der Waals surface area (Å²) in [5, 5.41) is 6.34. The van der Waals surface area contributed by atoms with Crippen LogP contribution in [0.3, 0.4) is 0 Å². The summed E-state index contributed by atoms with van der Waals surface area (Å²) in [6, 6.07) is 1.86. The van der Waals surface area contributed by atoms with Gasteiger partial charge in [0.2, 0.25) is 0 Å². The minimum Gasteiger partial charge on any atom is -0.450 e. The average molecular weight is 348 g/mol. The van der Waals surface area contributed by atoms with Crippen molar-refractivity contribution in [3.8, 4) is 0 Å². The van der Waals surface area contributed by atoms with Crippen molar-refractivity contribution >= 4 is 17.7 Å². The lowest BCUT2D eigenvalue weighted by atomic mass is 10.0. The Hall–Kier alpha value is -2.31. The Morgan fingerprint density at radius 3 is 2.56 bits per heavy atom. The second kappa shape index (κ2) is 8.18. The molecule has 1 aliphatic heterocycles. The van der Waals surface area contributed by atoms with Crippen molar-refractivity contribution in [3.63, 3.8) is 0 Å². The van der Waals surface area contributed by atoms with Gasteiger partial charge in [-0.05, 0) is 46.6 Å². The Labute approximate surface area is 149 Å². The van der Waals surface area contributed by atoms with Crippen LogP contribution in [0.1, 0.15) is 50.9 Å². The molecule has 1 aromatic rings. The molecule has 1 saturated heterocycles. The third-order valence-corrected chi connectivity index (χ3v) is 3.88. The van der Waals surface area contributed by atoms with Crippen LogP contribution < -0.4 is 10.6 Å². The Kier molecular flexibility index (Phi) is 6.22. The van der Waals surface area contributed by atoms with E-state index in [0.29, 0.717) is 25.3 Å². The number of rotatable bonds is 4. The lowest BCUT2D eigenvalue weighted by molar-refractivity contribution is 0.0860. The van der Waals surface area contributed by atoms with Crippen LogP contribution in [0.5, 0.6) is 0 Å². The number of nitrogens with zero attached hydrogens (tertiary/aromatic N) is 2. The first-order valence-corrected chi connectivity index (χ1v) is 8.74. The molecule has 2 amide bonds. The number of anilines is 1. The van der Waals surface area contributed by atoms with Crippen molar-refractivity contribution in [1.29, 1.82) is 0 Å². The van der Waals surface area contributed by atoms with E-state index in [1.165, 1.54) is 0 Å². The monoisotopic (exact) mass is 348 g/mol. The predicted molar refractivity (Wildman–Crippen MR) is 96.7 cm³/mol. The molecule has 138 valence electrons. The molecule has 7 nitrogen and oxygen atoms in total. The zero-order valence-electron chi connectivity index (χ0n) is 15.5. The summed E-state index contributed by atoms with van der Waals surface area (Å²) in [6.07, 6.45) is 4.43. The quantitative estimate of drug-likeness (QED) is 0.874. The molecule has 0 atom stereocenters. The fourth-order valence-electron chi connectivity index (χ4n) is 2.76. The molecular formula is C18H28N4O3. The van der Waals surface area contributed by atoms with Crippen molar-refractivity contribution in [2.75, 3.05) is 25.0 Å². The van der Waals surface area contributed by atoms with Crippen LogP contribution in [-0.2, 0) is 4.74 Å². The van der Waals surface area contributed by atoms with Gasteiger partial charge in [-0.1, -0.05) is 0 Å². The van der Waals surface area contributed by atoms with Crippen molar-refractivity contribution in [3.05, 3.63) is 24.0 Å². The van der Waals surface area contributed by atoms with Gasteiger partial charge in [0.15, 0.2) is 0 Å². The average Bonchev–Trinajstić information content (AvgIpc) is 2.54. The highest BCUT2D eigenvalue weighted by atomic mass is 16.6. The molecular weight excluding hydrogens is 320 g/mol. The second-order valence-corrected chi connectivity index (χ2v) is 7.27. The van der Waals surface area contributed by atoms with E-state index < -0.39 is 0 Å². The topological polar surface area (TPSA) is 83.6 Å². The van der Waals surface area contributed by atoms with Crippen molar-refractivity contribution < 1.29 is 14.3 Å². The predicted octanol–water partition coefficient (Wildman–Crippen LogP) is 2.64. The molecule has 7 heteroatoms. The summed E-state index contributed by atoms with van der Waals surface area (Å²) < 4.78 is 5.00. The largest absolute Gasteiger partial charge is 0.450 e. The molecule has 0 spiro atoms. The maximum Gasteiger partial charge on any atom is 0.409 e. The van der Waals surface area contributed by atoms with E-state index >= 15 is 0 Å². The number of hydrogen-bond acceptors (Lipinski definition) is 5. The number of aromatic nitrogens is 1. The molecule has 0 radical (unpaired) electrons. The van der Waals surface area contributed by atoms with Gasteiger partial charge in [-0.2, -0.15) is 0 Å². The number of amides is 2. The number of pyridine rings is 1. The third kappa shape index (κ3) is 5.92. The molecule has 0 aromatic carbocycles. The highest BCUT2D eigenvalue weighted by Crippen LogP contribution is 2.16. The summed E-state index contributed by atoms with van der Waals surface area (Å²) >= 11 is 0. The summed E-state index contributed by atoms with van der Waals surface area (Å²) in [4.78, 5) is 30.0. The van der Waals surface area contributed by atoms with Gasteiger partial charge in [0.1, 0.15) is 0 Å². The minimum absolute atomic E-state index is 0.0532. The smallest absolute Gasteiger partial charge is 0.409 e. The summed E-state index contributed by atoms with van der Waals surface area (Å²) in [6.45, 7) is 9.51. The van der Waals surface area contributed by atoms with E-state index in [2.05, 4.69) is 36.4 Å². The first-order valence-electron chi connectivity index (χ1n) is 8.74. The van der Waals surface area contributed by atoms with Crippen LogP contribution in [0.15, 0.2) is 18.5 Å². The van der Waals surface area contributed by atoms with Gasteiger partial charge in [0.25, 0.3) is 5.91 Å². The SMILES string of the molecule is CCOC(=O)N1CCC(NC(=O)c2cncc(NC(C)(C)C)c2)CC1. The number of piperidine rings is 1. The molecule has 1 aromatic heterocycles. The maximum atomic E-state index is 12.5. The second-order valence-electron chi connectivity index (χ2n) is 7.27. The molecule has 0 bridgehead atoms. The van der Waals surface area contributed by atoms with Crippen molar-refractivity contribution in [2.45, 2.75) is 52.1 Å². The molecule has 0 saturated carbocycles. The van der Waals surface area contributed by atoms with Gasteiger partial charge < -0.3 is 20.3 Å². The normalized spacial score (nSPS) is 15.6. The van der Waals surface area contributed by atoms with Gasteiger partial charge in [-0.15, -0.1) is 0 Å². The fraction of sp³-hybridized carbons (Fsp3) is 0.611. The summed E-state index contributed by atoms with van der Waals surface area (Å²) in [7, 11) is 0. The number of hydrogen-bond donors (Lipinski definition) is 2. The van der Waals surface area contributed by atoms with E-state index in [4.69, 9.17) is 4.74 Å². The van der Waals surface area contributed by atoms with E-state index in [1.54, 1.807) is 30.3 Å². The number of likely N-dealkylation sites (tertiary alicyclic amines) is 1. The highest BCUT2D eigenvalue weighted by Gasteiger charge is 2.25. The molecule has 1 aliphatic rings. The number of ether oxygens (including phenoxy) is 1. The Balaban J connectivity index is 1.89. The first-order chi connectivity index (χ1) is 11.8. The zero-order chi connectivity index (χ0) is 18.4. The first kappa shape index (κ1) is 19.0. The van der Waals surface area contributed by atoms with Crippen molar-refractivity contribution in [2.24, 2.45) is 0 Å². The molecule has 0 unspecified atom stereocenters.